The summed E-state index contributed by atoms with van der Waals surface area (Å²) in [6.45, 7) is 1.69. The molecule has 2 nitrogen and oxygen atoms in total. The Hall–Kier alpha value is -0.930. The van der Waals surface area contributed by atoms with Crippen LogP contribution in [-0.4, -0.2) is 19.2 Å². The minimum Gasteiger partial charge on any atom is -0.372 e. The van der Waals surface area contributed by atoms with Crippen molar-refractivity contribution in [3.8, 4) is 0 Å². The second-order valence-corrected chi connectivity index (χ2v) is 4.55. The van der Waals surface area contributed by atoms with Crippen LogP contribution in [0.3, 0.4) is 0 Å². The summed E-state index contributed by atoms with van der Waals surface area (Å²) < 4.78 is 19.5. The van der Waals surface area contributed by atoms with Crippen molar-refractivity contribution in [2.24, 2.45) is 0 Å². The molecule has 1 N–H and O–H groups in total. The Balaban J connectivity index is 1.96. The average Bonchev–Trinajstić information content (AvgIpc) is 2.82. The van der Waals surface area contributed by atoms with Gasteiger partial charge >= 0.3 is 0 Å². The molecule has 2 aliphatic rings. The molecule has 0 unspecified atom stereocenters. The van der Waals surface area contributed by atoms with Gasteiger partial charge in [0.15, 0.2) is 0 Å². The highest BCUT2D eigenvalue weighted by atomic mass is 19.1. The van der Waals surface area contributed by atoms with Crippen LogP contribution in [0.5, 0.6) is 0 Å². The van der Waals surface area contributed by atoms with E-state index in [0.29, 0.717) is 19.1 Å². The monoisotopic (exact) mass is 221 g/mol. The number of rotatable bonds is 1. The summed E-state index contributed by atoms with van der Waals surface area (Å²) in [7, 11) is 0. The highest BCUT2D eigenvalue weighted by molar-refractivity contribution is 5.33. The first-order valence-corrected chi connectivity index (χ1v) is 5.98. The molecule has 1 fully saturated rings. The summed E-state index contributed by atoms with van der Waals surface area (Å²) in [6.07, 6.45) is 3.06. The van der Waals surface area contributed by atoms with Crippen molar-refractivity contribution in [3.63, 3.8) is 0 Å². The second-order valence-electron chi connectivity index (χ2n) is 4.55. The third kappa shape index (κ3) is 1.64. The normalized spacial score (nSPS) is 29.1. The van der Waals surface area contributed by atoms with E-state index in [-0.39, 0.29) is 11.9 Å². The summed E-state index contributed by atoms with van der Waals surface area (Å²) in [5.74, 6) is -0.0798. The molecule has 86 valence electrons. The standard InChI is InChI=1S/C13H16FNO/c14-11-4-1-3-10-9(11)6-8-16-13(10)12-5-2-7-15-12/h1,3-4,12-13,15H,2,5-8H2/t12-,13+/m1/s1. The fourth-order valence-electron chi connectivity index (χ4n) is 2.79. The highest BCUT2D eigenvalue weighted by Gasteiger charge is 2.31. The SMILES string of the molecule is Fc1cccc2c1CCO[C@@H]2[C@H]1CCCN1. The fraction of sp³-hybridized carbons (Fsp3) is 0.538. The average molecular weight is 221 g/mol. The van der Waals surface area contributed by atoms with Gasteiger partial charge in [-0.3, -0.25) is 0 Å². The Labute approximate surface area is 94.8 Å². The topological polar surface area (TPSA) is 21.3 Å². The van der Waals surface area contributed by atoms with Gasteiger partial charge in [-0.1, -0.05) is 12.1 Å². The van der Waals surface area contributed by atoms with E-state index in [1.54, 1.807) is 12.1 Å². The van der Waals surface area contributed by atoms with Gasteiger partial charge in [0.1, 0.15) is 5.82 Å². The van der Waals surface area contributed by atoms with Gasteiger partial charge in [-0.05, 0) is 43.0 Å². The van der Waals surface area contributed by atoms with Crippen molar-refractivity contribution in [2.45, 2.75) is 31.4 Å². The maximum Gasteiger partial charge on any atom is 0.126 e. The molecule has 2 aliphatic heterocycles. The number of nitrogens with one attached hydrogen (secondary N) is 1. The number of fused-ring (bicyclic) bond motifs is 1. The molecule has 1 aromatic carbocycles. The van der Waals surface area contributed by atoms with Crippen LogP contribution in [0.1, 0.15) is 30.1 Å². The van der Waals surface area contributed by atoms with Crippen molar-refractivity contribution in [3.05, 3.63) is 35.1 Å². The number of hydrogen-bond acceptors (Lipinski definition) is 2. The van der Waals surface area contributed by atoms with E-state index in [0.717, 1.165) is 24.1 Å². The van der Waals surface area contributed by atoms with Crippen molar-refractivity contribution in [2.75, 3.05) is 13.2 Å². The molecule has 16 heavy (non-hydrogen) atoms. The maximum atomic E-state index is 13.7. The van der Waals surface area contributed by atoms with E-state index >= 15 is 0 Å². The third-order valence-corrected chi connectivity index (χ3v) is 3.57. The molecule has 0 bridgehead atoms. The molecule has 3 heteroatoms. The zero-order chi connectivity index (χ0) is 11.0. The molecule has 0 saturated carbocycles. The lowest BCUT2D eigenvalue weighted by molar-refractivity contribution is 0.0190. The van der Waals surface area contributed by atoms with E-state index in [4.69, 9.17) is 4.74 Å². The van der Waals surface area contributed by atoms with Gasteiger partial charge in [0.2, 0.25) is 0 Å². The van der Waals surface area contributed by atoms with E-state index in [2.05, 4.69) is 5.32 Å². The van der Waals surface area contributed by atoms with Gasteiger partial charge < -0.3 is 10.1 Å². The first-order valence-electron chi connectivity index (χ1n) is 5.98. The number of hydrogen-bond donors (Lipinski definition) is 1. The van der Waals surface area contributed by atoms with Crippen LogP contribution in [0.15, 0.2) is 18.2 Å². The fourth-order valence-corrected chi connectivity index (χ4v) is 2.79. The minimum absolute atomic E-state index is 0.0435. The van der Waals surface area contributed by atoms with Gasteiger partial charge in [-0.15, -0.1) is 0 Å². The molecule has 1 aromatic rings. The van der Waals surface area contributed by atoms with Crippen molar-refractivity contribution < 1.29 is 9.13 Å². The summed E-state index contributed by atoms with van der Waals surface area (Å²) >= 11 is 0. The first-order chi connectivity index (χ1) is 7.86. The van der Waals surface area contributed by atoms with Crippen LogP contribution in [-0.2, 0) is 11.2 Å². The molecule has 2 heterocycles. The van der Waals surface area contributed by atoms with E-state index in [9.17, 15) is 4.39 Å². The lowest BCUT2D eigenvalue weighted by Gasteiger charge is -2.30. The largest absolute Gasteiger partial charge is 0.372 e. The molecular weight excluding hydrogens is 205 g/mol. The summed E-state index contributed by atoms with van der Waals surface area (Å²) in [4.78, 5) is 0. The summed E-state index contributed by atoms with van der Waals surface area (Å²) in [5, 5.41) is 3.44. The van der Waals surface area contributed by atoms with Crippen LogP contribution in [0, 0.1) is 5.82 Å². The molecule has 0 radical (unpaired) electrons. The van der Waals surface area contributed by atoms with E-state index in [1.165, 1.54) is 6.42 Å². The highest BCUT2D eigenvalue weighted by Crippen LogP contribution is 2.33. The van der Waals surface area contributed by atoms with E-state index < -0.39 is 0 Å². The molecule has 3 rings (SSSR count). The zero-order valence-electron chi connectivity index (χ0n) is 9.21. The molecule has 0 amide bonds. The second kappa shape index (κ2) is 4.15. The molecule has 0 spiro atoms. The van der Waals surface area contributed by atoms with Gasteiger partial charge in [-0.25, -0.2) is 4.39 Å². The van der Waals surface area contributed by atoms with Gasteiger partial charge in [0.25, 0.3) is 0 Å². The predicted molar refractivity (Wildman–Crippen MR) is 59.8 cm³/mol. The van der Waals surface area contributed by atoms with Crippen LogP contribution in [0.4, 0.5) is 4.39 Å². The smallest absolute Gasteiger partial charge is 0.126 e. The molecule has 1 saturated heterocycles. The van der Waals surface area contributed by atoms with Crippen molar-refractivity contribution in [1.82, 2.24) is 5.32 Å². The Morgan fingerprint density at radius 1 is 1.38 bits per heavy atom. The lowest BCUT2D eigenvalue weighted by atomic mass is 9.92. The lowest BCUT2D eigenvalue weighted by Crippen LogP contribution is -2.34. The van der Waals surface area contributed by atoms with Crippen LogP contribution >= 0.6 is 0 Å². The van der Waals surface area contributed by atoms with Crippen molar-refractivity contribution in [1.29, 1.82) is 0 Å². The third-order valence-electron chi connectivity index (χ3n) is 3.57. The maximum absolute atomic E-state index is 13.7. The zero-order valence-corrected chi connectivity index (χ0v) is 9.21. The molecule has 0 aromatic heterocycles. The predicted octanol–water partition coefficient (Wildman–Crippen LogP) is 2.19. The molecule has 2 atom stereocenters. The number of halogens is 1. The van der Waals surface area contributed by atoms with Crippen molar-refractivity contribution >= 4 is 0 Å². The number of benzene rings is 1. The quantitative estimate of drug-likeness (QED) is 0.785. The number of ether oxygens (including phenoxy) is 1. The Morgan fingerprint density at radius 2 is 2.31 bits per heavy atom. The summed E-state index contributed by atoms with van der Waals surface area (Å²) in [6, 6.07) is 5.69. The van der Waals surface area contributed by atoms with Crippen LogP contribution < -0.4 is 5.32 Å². The molecule has 0 aliphatic carbocycles. The minimum atomic E-state index is -0.0798. The van der Waals surface area contributed by atoms with Crippen LogP contribution in [0.25, 0.3) is 0 Å². The van der Waals surface area contributed by atoms with Crippen LogP contribution in [0.2, 0.25) is 0 Å². The van der Waals surface area contributed by atoms with Gasteiger partial charge in [0.05, 0.1) is 12.7 Å². The van der Waals surface area contributed by atoms with Gasteiger partial charge in [-0.2, -0.15) is 0 Å². The Kier molecular flexibility index (Phi) is 2.65. The van der Waals surface area contributed by atoms with Gasteiger partial charge in [0, 0.05) is 6.04 Å². The Bertz CT molecular complexity index is 388. The first kappa shape index (κ1) is 10.2. The Morgan fingerprint density at radius 3 is 3.12 bits per heavy atom. The molecular formula is C13H16FNO. The van der Waals surface area contributed by atoms with E-state index in [1.807, 2.05) is 6.07 Å². The summed E-state index contributed by atoms with van der Waals surface area (Å²) in [5.41, 5.74) is 1.90.